The predicted molar refractivity (Wildman–Crippen MR) is 76.2 cm³/mol. The molecule has 1 N–H and O–H groups in total. The normalized spacial score (nSPS) is 21.8. The SMILES string of the molecule is CNC(CC1CCCCO1)c1ccc(C)c(Cl)c1. The summed E-state index contributed by atoms with van der Waals surface area (Å²) in [6.07, 6.45) is 5.08. The highest BCUT2D eigenvalue weighted by atomic mass is 35.5. The van der Waals surface area contributed by atoms with Crippen LogP contribution in [0.2, 0.25) is 5.02 Å². The van der Waals surface area contributed by atoms with Gasteiger partial charge in [0.15, 0.2) is 0 Å². The third kappa shape index (κ3) is 3.47. The fraction of sp³-hybridized carbons (Fsp3) is 0.600. The molecule has 1 aromatic rings. The zero-order valence-corrected chi connectivity index (χ0v) is 12.0. The second-order valence-corrected chi connectivity index (χ2v) is 5.48. The van der Waals surface area contributed by atoms with E-state index in [1.807, 2.05) is 14.0 Å². The summed E-state index contributed by atoms with van der Waals surface area (Å²) in [5.41, 5.74) is 2.38. The first-order chi connectivity index (χ1) is 8.70. The van der Waals surface area contributed by atoms with Gasteiger partial charge < -0.3 is 10.1 Å². The minimum atomic E-state index is 0.325. The van der Waals surface area contributed by atoms with Crippen molar-refractivity contribution < 1.29 is 4.74 Å². The zero-order valence-electron chi connectivity index (χ0n) is 11.2. The lowest BCUT2D eigenvalue weighted by Crippen LogP contribution is -2.26. The maximum atomic E-state index is 6.20. The summed E-state index contributed by atoms with van der Waals surface area (Å²) >= 11 is 6.20. The van der Waals surface area contributed by atoms with Crippen molar-refractivity contribution in [2.75, 3.05) is 13.7 Å². The Kier molecular flexibility index (Phi) is 5.04. The van der Waals surface area contributed by atoms with Crippen molar-refractivity contribution in [2.45, 2.75) is 44.8 Å². The highest BCUT2D eigenvalue weighted by Crippen LogP contribution is 2.27. The first-order valence-corrected chi connectivity index (χ1v) is 7.13. The molecule has 1 aromatic carbocycles. The van der Waals surface area contributed by atoms with Crippen LogP contribution in [-0.4, -0.2) is 19.8 Å². The quantitative estimate of drug-likeness (QED) is 0.894. The van der Waals surface area contributed by atoms with Gasteiger partial charge in [-0.3, -0.25) is 0 Å². The third-order valence-electron chi connectivity index (χ3n) is 3.72. The smallest absolute Gasteiger partial charge is 0.0593 e. The van der Waals surface area contributed by atoms with Crippen molar-refractivity contribution in [3.05, 3.63) is 34.3 Å². The summed E-state index contributed by atoms with van der Waals surface area (Å²) < 4.78 is 5.81. The van der Waals surface area contributed by atoms with Gasteiger partial charge in [0.25, 0.3) is 0 Å². The van der Waals surface area contributed by atoms with Gasteiger partial charge in [-0.25, -0.2) is 0 Å². The molecular formula is C15H22ClNO. The maximum Gasteiger partial charge on any atom is 0.0593 e. The summed E-state index contributed by atoms with van der Waals surface area (Å²) in [6.45, 7) is 2.94. The van der Waals surface area contributed by atoms with Gasteiger partial charge >= 0.3 is 0 Å². The second-order valence-electron chi connectivity index (χ2n) is 5.07. The van der Waals surface area contributed by atoms with Gasteiger partial charge in [-0.15, -0.1) is 0 Å². The Bertz CT molecular complexity index is 388. The number of halogens is 1. The molecule has 2 atom stereocenters. The molecule has 1 fully saturated rings. The predicted octanol–water partition coefficient (Wildman–Crippen LogP) is 3.87. The average Bonchev–Trinajstić information content (AvgIpc) is 2.40. The van der Waals surface area contributed by atoms with Crippen molar-refractivity contribution in [3.63, 3.8) is 0 Å². The Labute approximate surface area is 115 Å². The second kappa shape index (κ2) is 6.55. The lowest BCUT2D eigenvalue weighted by atomic mass is 9.96. The van der Waals surface area contributed by atoms with Crippen LogP contribution in [0.1, 0.15) is 42.9 Å². The molecule has 1 aliphatic heterocycles. The van der Waals surface area contributed by atoms with Crippen LogP contribution in [0.4, 0.5) is 0 Å². The van der Waals surface area contributed by atoms with Crippen LogP contribution < -0.4 is 5.32 Å². The summed E-state index contributed by atoms with van der Waals surface area (Å²) in [4.78, 5) is 0. The van der Waals surface area contributed by atoms with Gasteiger partial charge in [0.2, 0.25) is 0 Å². The molecule has 0 aliphatic carbocycles. The number of nitrogens with one attached hydrogen (secondary N) is 1. The van der Waals surface area contributed by atoms with Crippen molar-refractivity contribution in [1.82, 2.24) is 5.32 Å². The van der Waals surface area contributed by atoms with Crippen molar-refractivity contribution in [1.29, 1.82) is 0 Å². The number of aryl methyl sites for hydroxylation is 1. The maximum absolute atomic E-state index is 6.20. The minimum Gasteiger partial charge on any atom is -0.378 e. The number of ether oxygens (including phenoxy) is 1. The van der Waals surface area contributed by atoms with Crippen molar-refractivity contribution in [3.8, 4) is 0 Å². The van der Waals surface area contributed by atoms with Gasteiger partial charge in [-0.2, -0.15) is 0 Å². The lowest BCUT2D eigenvalue weighted by Gasteiger charge is -2.27. The van der Waals surface area contributed by atoms with Gasteiger partial charge in [-0.05, 0) is 56.8 Å². The van der Waals surface area contributed by atoms with Crippen LogP contribution in [0.25, 0.3) is 0 Å². The minimum absolute atomic E-state index is 0.325. The van der Waals surface area contributed by atoms with E-state index in [9.17, 15) is 0 Å². The molecule has 0 bridgehead atoms. The fourth-order valence-electron chi connectivity index (χ4n) is 2.50. The Morgan fingerprint density at radius 3 is 2.89 bits per heavy atom. The van der Waals surface area contributed by atoms with Crippen LogP contribution in [-0.2, 0) is 4.74 Å². The summed E-state index contributed by atoms with van der Waals surface area (Å²) in [5.74, 6) is 0. The molecule has 3 heteroatoms. The fourth-order valence-corrected chi connectivity index (χ4v) is 2.69. The molecule has 2 nitrogen and oxygen atoms in total. The largest absolute Gasteiger partial charge is 0.378 e. The highest BCUT2D eigenvalue weighted by Gasteiger charge is 2.20. The van der Waals surface area contributed by atoms with E-state index in [2.05, 4.69) is 23.5 Å². The summed E-state index contributed by atoms with van der Waals surface area (Å²) in [5, 5.41) is 4.22. The average molecular weight is 268 g/mol. The first kappa shape index (κ1) is 13.9. The zero-order chi connectivity index (χ0) is 13.0. The Hall–Kier alpha value is -0.570. The standard InChI is InChI=1S/C15H22ClNO/c1-11-6-7-12(9-14(11)16)15(17-2)10-13-5-3-4-8-18-13/h6-7,9,13,15,17H,3-5,8,10H2,1-2H3. The molecule has 1 heterocycles. The van der Waals surface area contributed by atoms with Gasteiger partial charge in [0.05, 0.1) is 6.10 Å². The van der Waals surface area contributed by atoms with E-state index < -0.39 is 0 Å². The van der Waals surface area contributed by atoms with Crippen molar-refractivity contribution >= 4 is 11.6 Å². The molecule has 18 heavy (non-hydrogen) atoms. The highest BCUT2D eigenvalue weighted by molar-refractivity contribution is 6.31. The van der Waals surface area contributed by atoms with Crippen molar-refractivity contribution in [2.24, 2.45) is 0 Å². The summed E-state index contributed by atoms with van der Waals surface area (Å²) in [6, 6.07) is 6.64. The van der Waals surface area contributed by atoms with Gasteiger partial charge in [0, 0.05) is 17.7 Å². The number of rotatable bonds is 4. The molecule has 0 aromatic heterocycles. The molecule has 100 valence electrons. The molecule has 1 aliphatic rings. The van der Waals surface area contributed by atoms with E-state index in [0.29, 0.717) is 12.1 Å². The van der Waals surface area contributed by atoms with Crippen LogP contribution in [0.15, 0.2) is 18.2 Å². The third-order valence-corrected chi connectivity index (χ3v) is 4.13. The molecule has 1 saturated heterocycles. The van der Waals surface area contributed by atoms with Crippen LogP contribution in [0, 0.1) is 6.92 Å². The van der Waals surface area contributed by atoms with E-state index in [4.69, 9.17) is 16.3 Å². The molecule has 0 amide bonds. The Morgan fingerprint density at radius 2 is 2.28 bits per heavy atom. The van der Waals surface area contributed by atoms with E-state index in [1.165, 1.54) is 24.8 Å². The molecular weight excluding hydrogens is 246 g/mol. The molecule has 0 radical (unpaired) electrons. The molecule has 0 saturated carbocycles. The Morgan fingerprint density at radius 1 is 1.44 bits per heavy atom. The number of hydrogen-bond acceptors (Lipinski definition) is 2. The van der Waals surface area contributed by atoms with E-state index in [1.54, 1.807) is 0 Å². The topological polar surface area (TPSA) is 21.3 Å². The lowest BCUT2D eigenvalue weighted by molar-refractivity contribution is 0.00548. The van der Waals surface area contributed by atoms with Gasteiger partial charge in [-0.1, -0.05) is 23.7 Å². The first-order valence-electron chi connectivity index (χ1n) is 6.75. The molecule has 2 rings (SSSR count). The van der Waals surface area contributed by atoms with Crippen LogP contribution in [0.5, 0.6) is 0 Å². The van der Waals surface area contributed by atoms with Crippen LogP contribution >= 0.6 is 11.6 Å². The Balaban J connectivity index is 2.04. The monoisotopic (exact) mass is 267 g/mol. The molecule has 0 spiro atoms. The number of hydrogen-bond donors (Lipinski definition) is 1. The molecule has 2 unspecified atom stereocenters. The van der Waals surface area contributed by atoms with E-state index >= 15 is 0 Å². The summed E-state index contributed by atoms with van der Waals surface area (Å²) in [7, 11) is 2.00. The van der Waals surface area contributed by atoms with Gasteiger partial charge in [0.1, 0.15) is 0 Å². The van der Waals surface area contributed by atoms with E-state index in [0.717, 1.165) is 23.6 Å². The van der Waals surface area contributed by atoms with Crippen LogP contribution in [0.3, 0.4) is 0 Å². The number of benzene rings is 1. The van der Waals surface area contributed by atoms with E-state index in [-0.39, 0.29) is 0 Å².